The Morgan fingerprint density at radius 2 is 2.14 bits per heavy atom. The van der Waals surface area contributed by atoms with Gasteiger partial charge in [0.25, 0.3) is 0 Å². The van der Waals surface area contributed by atoms with E-state index >= 15 is 0 Å². The average Bonchev–Trinajstić information content (AvgIpc) is 2.18. The van der Waals surface area contributed by atoms with Crippen LogP contribution in [0.1, 0.15) is 26.2 Å². The van der Waals surface area contributed by atoms with Crippen molar-refractivity contribution in [3.8, 4) is 0 Å². The van der Waals surface area contributed by atoms with E-state index in [2.05, 4.69) is 15.9 Å². The van der Waals surface area contributed by atoms with E-state index in [4.69, 9.17) is 0 Å². The van der Waals surface area contributed by atoms with Crippen LogP contribution in [0.5, 0.6) is 0 Å². The van der Waals surface area contributed by atoms with Gasteiger partial charge in [-0.25, -0.2) is 0 Å². The van der Waals surface area contributed by atoms with Crippen LogP contribution in [0, 0.1) is 5.92 Å². The topological polar surface area (TPSA) is 40.5 Å². The van der Waals surface area contributed by atoms with E-state index in [1.807, 2.05) is 11.8 Å². The van der Waals surface area contributed by atoms with Crippen molar-refractivity contribution in [2.24, 2.45) is 5.92 Å². The fraction of sp³-hybridized carbons (Fsp3) is 0.900. The Balaban J connectivity index is 2.31. The molecule has 0 radical (unpaired) electrons. The molecule has 1 N–H and O–H groups in total. The highest BCUT2D eigenvalue weighted by Crippen LogP contribution is 2.20. The molecule has 1 rings (SSSR count). The highest BCUT2D eigenvalue weighted by Gasteiger charge is 2.24. The van der Waals surface area contributed by atoms with Gasteiger partial charge in [-0.3, -0.25) is 4.79 Å². The third-order valence-corrected chi connectivity index (χ3v) is 3.28. The summed E-state index contributed by atoms with van der Waals surface area (Å²) in [6.07, 6.45) is 2.22. The third-order valence-electron chi connectivity index (χ3n) is 2.88. The lowest BCUT2D eigenvalue weighted by atomic mass is 9.92. The number of aliphatic hydroxyl groups excluding tert-OH is 1. The normalized spacial score (nSPS) is 20.9. The summed E-state index contributed by atoms with van der Waals surface area (Å²) in [5.74, 6) is 0.605. The quantitative estimate of drug-likeness (QED) is 0.782. The summed E-state index contributed by atoms with van der Waals surface area (Å²) in [4.78, 5) is 13.4. The Kier molecular flexibility index (Phi) is 4.89. The number of amides is 1. The maximum absolute atomic E-state index is 11.5. The first-order chi connectivity index (χ1) is 6.65. The van der Waals surface area contributed by atoms with Crippen molar-refractivity contribution >= 4 is 21.8 Å². The second-order valence-corrected chi connectivity index (χ2v) is 4.69. The number of rotatable bonds is 3. The van der Waals surface area contributed by atoms with Crippen molar-refractivity contribution in [1.29, 1.82) is 0 Å². The minimum absolute atomic E-state index is 0.228. The zero-order valence-corrected chi connectivity index (χ0v) is 10.2. The molecular formula is C10H18BrNO2. The molecule has 1 heterocycles. The van der Waals surface area contributed by atoms with Crippen LogP contribution in [-0.2, 0) is 4.79 Å². The van der Waals surface area contributed by atoms with Crippen LogP contribution in [0.15, 0.2) is 0 Å². The van der Waals surface area contributed by atoms with Gasteiger partial charge in [-0.1, -0.05) is 15.9 Å². The molecular weight excluding hydrogens is 246 g/mol. The number of nitrogens with zero attached hydrogens (tertiary/aromatic N) is 1. The number of carbonyl (C=O) groups excluding carboxylic acids is 1. The summed E-state index contributed by atoms with van der Waals surface area (Å²) in [5, 5.41) is 10.1. The monoisotopic (exact) mass is 263 g/mol. The molecule has 0 aromatic carbocycles. The number of piperidine rings is 1. The minimum Gasteiger partial charge on any atom is -0.393 e. The first-order valence-electron chi connectivity index (χ1n) is 5.17. The smallest absolute Gasteiger partial charge is 0.223 e. The Morgan fingerprint density at radius 1 is 1.57 bits per heavy atom. The molecule has 1 atom stereocenters. The van der Waals surface area contributed by atoms with Gasteiger partial charge < -0.3 is 10.0 Å². The Labute approximate surface area is 93.6 Å². The van der Waals surface area contributed by atoms with Gasteiger partial charge in [0.15, 0.2) is 0 Å². The van der Waals surface area contributed by atoms with Gasteiger partial charge in [0.2, 0.25) is 5.91 Å². The van der Waals surface area contributed by atoms with E-state index < -0.39 is 0 Å². The number of aliphatic hydroxyl groups is 1. The number of hydrogen-bond donors (Lipinski definition) is 1. The molecule has 0 aromatic heterocycles. The molecule has 1 amide bonds. The number of carbonyl (C=O) groups is 1. The predicted molar refractivity (Wildman–Crippen MR) is 59.4 cm³/mol. The van der Waals surface area contributed by atoms with Gasteiger partial charge in [0.1, 0.15) is 0 Å². The largest absolute Gasteiger partial charge is 0.393 e. The number of hydrogen-bond acceptors (Lipinski definition) is 2. The zero-order valence-electron chi connectivity index (χ0n) is 8.58. The molecule has 1 unspecified atom stereocenters. The molecule has 14 heavy (non-hydrogen) atoms. The van der Waals surface area contributed by atoms with Crippen molar-refractivity contribution in [3.05, 3.63) is 0 Å². The molecule has 3 nitrogen and oxygen atoms in total. The SMILES string of the molecule is CC(O)C1CCN(C(=O)CCBr)CC1. The van der Waals surface area contributed by atoms with E-state index in [0.717, 1.165) is 31.3 Å². The van der Waals surface area contributed by atoms with Crippen molar-refractivity contribution < 1.29 is 9.90 Å². The molecule has 1 aliphatic rings. The molecule has 0 spiro atoms. The molecule has 1 saturated heterocycles. The van der Waals surface area contributed by atoms with E-state index in [1.54, 1.807) is 0 Å². The van der Waals surface area contributed by atoms with E-state index in [0.29, 0.717) is 12.3 Å². The van der Waals surface area contributed by atoms with Crippen LogP contribution in [0.25, 0.3) is 0 Å². The lowest BCUT2D eigenvalue weighted by Crippen LogP contribution is -2.40. The van der Waals surface area contributed by atoms with E-state index in [9.17, 15) is 9.90 Å². The summed E-state index contributed by atoms with van der Waals surface area (Å²) >= 11 is 3.26. The first-order valence-corrected chi connectivity index (χ1v) is 6.29. The Morgan fingerprint density at radius 3 is 2.57 bits per heavy atom. The minimum atomic E-state index is -0.233. The van der Waals surface area contributed by atoms with Crippen molar-refractivity contribution in [2.75, 3.05) is 18.4 Å². The van der Waals surface area contributed by atoms with Crippen molar-refractivity contribution in [1.82, 2.24) is 4.90 Å². The van der Waals surface area contributed by atoms with E-state index in [1.165, 1.54) is 0 Å². The zero-order chi connectivity index (χ0) is 10.6. The van der Waals surface area contributed by atoms with Gasteiger partial charge in [-0.15, -0.1) is 0 Å². The third kappa shape index (κ3) is 3.24. The summed E-state index contributed by atoms with van der Waals surface area (Å²) in [6, 6.07) is 0. The van der Waals surface area contributed by atoms with Crippen molar-refractivity contribution in [3.63, 3.8) is 0 Å². The van der Waals surface area contributed by atoms with Gasteiger partial charge >= 0.3 is 0 Å². The summed E-state index contributed by atoms with van der Waals surface area (Å²) < 4.78 is 0. The lowest BCUT2D eigenvalue weighted by Gasteiger charge is -2.33. The van der Waals surface area contributed by atoms with Crippen molar-refractivity contribution in [2.45, 2.75) is 32.3 Å². The van der Waals surface area contributed by atoms with Crippen LogP contribution in [0.4, 0.5) is 0 Å². The van der Waals surface area contributed by atoms with Gasteiger partial charge in [0.05, 0.1) is 6.10 Å². The number of likely N-dealkylation sites (tertiary alicyclic amines) is 1. The number of alkyl halides is 1. The molecule has 0 aromatic rings. The lowest BCUT2D eigenvalue weighted by molar-refractivity contribution is -0.132. The van der Waals surface area contributed by atoms with Crippen LogP contribution >= 0.6 is 15.9 Å². The summed E-state index contributed by atoms with van der Waals surface area (Å²) in [6.45, 7) is 3.45. The predicted octanol–water partition coefficient (Wildman–Crippen LogP) is 1.39. The van der Waals surface area contributed by atoms with Gasteiger partial charge in [0, 0.05) is 24.8 Å². The maximum atomic E-state index is 11.5. The molecule has 1 aliphatic heterocycles. The summed E-state index contributed by atoms with van der Waals surface area (Å²) in [5.41, 5.74) is 0. The molecule has 0 saturated carbocycles. The standard InChI is InChI=1S/C10H18BrNO2/c1-8(13)9-3-6-12(7-4-9)10(14)2-5-11/h8-9,13H,2-7H2,1H3. The highest BCUT2D eigenvalue weighted by atomic mass is 79.9. The number of halogens is 1. The second kappa shape index (κ2) is 5.71. The van der Waals surface area contributed by atoms with Crippen LogP contribution in [0.2, 0.25) is 0 Å². The maximum Gasteiger partial charge on any atom is 0.223 e. The van der Waals surface area contributed by atoms with Crippen LogP contribution in [-0.4, -0.2) is 40.4 Å². The molecule has 82 valence electrons. The fourth-order valence-electron chi connectivity index (χ4n) is 1.87. The van der Waals surface area contributed by atoms with Crippen LogP contribution < -0.4 is 0 Å². The highest BCUT2D eigenvalue weighted by molar-refractivity contribution is 9.09. The van der Waals surface area contributed by atoms with E-state index in [-0.39, 0.29) is 12.0 Å². The Hall–Kier alpha value is -0.0900. The second-order valence-electron chi connectivity index (χ2n) is 3.90. The first kappa shape index (κ1) is 12.0. The summed E-state index contributed by atoms with van der Waals surface area (Å²) in [7, 11) is 0. The molecule has 4 heteroatoms. The average molecular weight is 264 g/mol. The van der Waals surface area contributed by atoms with Crippen LogP contribution in [0.3, 0.4) is 0 Å². The molecule has 0 aliphatic carbocycles. The van der Waals surface area contributed by atoms with Gasteiger partial charge in [-0.05, 0) is 25.7 Å². The molecule has 0 bridgehead atoms. The fourth-order valence-corrected chi connectivity index (χ4v) is 2.21. The Bertz CT molecular complexity index is 189. The molecule has 1 fully saturated rings. The van der Waals surface area contributed by atoms with Gasteiger partial charge in [-0.2, -0.15) is 0 Å².